The Hall–Kier alpha value is -1.66. The number of ether oxygens (including phenoxy) is 1. The van der Waals surface area contributed by atoms with Crippen molar-refractivity contribution >= 4 is 17.2 Å². The quantitative estimate of drug-likeness (QED) is 0.915. The van der Waals surface area contributed by atoms with E-state index in [-0.39, 0.29) is 17.9 Å². The Bertz CT molecular complexity index is 632. The molecule has 0 radical (unpaired) electrons. The highest BCUT2D eigenvalue weighted by molar-refractivity contribution is 7.10. The standard InChI is InChI=1S/C17H23N3O2S/c1-12(14-4-3-11-23-14)17(21)19-15(13-5-9-22-10-6-13)16-18-7-8-20(16)2/h3-4,7-8,11-13,15H,5-6,9-10H2,1-2H3,(H,19,21). The van der Waals surface area contributed by atoms with E-state index < -0.39 is 0 Å². The largest absolute Gasteiger partial charge is 0.381 e. The van der Waals surface area contributed by atoms with Crippen LogP contribution in [0.5, 0.6) is 0 Å². The molecular weight excluding hydrogens is 310 g/mol. The van der Waals surface area contributed by atoms with Crippen LogP contribution in [0.3, 0.4) is 0 Å². The number of nitrogens with one attached hydrogen (secondary N) is 1. The number of aryl methyl sites for hydroxylation is 1. The molecular formula is C17H23N3O2S. The molecule has 124 valence electrons. The van der Waals surface area contributed by atoms with Gasteiger partial charge in [0.2, 0.25) is 5.91 Å². The van der Waals surface area contributed by atoms with Crippen LogP contribution in [0.15, 0.2) is 29.9 Å². The first kappa shape index (κ1) is 16.2. The fourth-order valence-electron chi connectivity index (χ4n) is 3.06. The van der Waals surface area contributed by atoms with Gasteiger partial charge in [-0.05, 0) is 37.1 Å². The summed E-state index contributed by atoms with van der Waals surface area (Å²) < 4.78 is 7.47. The Labute approximate surface area is 140 Å². The number of imidazole rings is 1. The van der Waals surface area contributed by atoms with Crippen molar-refractivity contribution in [1.82, 2.24) is 14.9 Å². The summed E-state index contributed by atoms with van der Waals surface area (Å²) in [5.41, 5.74) is 0. The number of aromatic nitrogens is 2. The molecule has 6 heteroatoms. The van der Waals surface area contributed by atoms with Gasteiger partial charge in [-0.25, -0.2) is 4.98 Å². The molecule has 23 heavy (non-hydrogen) atoms. The van der Waals surface area contributed by atoms with Crippen LogP contribution in [-0.2, 0) is 16.6 Å². The number of thiophene rings is 1. The molecule has 1 aliphatic rings. The molecule has 1 aliphatic heterocycles. The predicted molar refractivity (Wildman–Crippen MR) is 90.4 cm³/mol. The van der Waals surface area contributed by atoms with E-state index in [0.29, 0.717) is 5.92 Å². The van der Waals surface area contributed by atoms with Crippen LogP contribution in [0, 0.1) is 5.92 Å². The van der Waals surface area contributed by atoms with Gasteiger partial charge in [0, 0.05) is 37.5 Å². The van der Waals surface area contributed by atoms with Gasteiger partial charge in [-0.2, -0.15) is 0 Å². The monoisotopic (exact) mass is 333 g/mol. The van der Waals surface area contributed by atoms with Crippen LogP contribution < -0.4 is 5.32 Å². The predicted octanol–water partition coefficient (Wildman–Crippen LogP) is 2.87. The lowest BCUT2D eigenvalue weighted by molar-refractivity contribution is -0.123. The molecule has 0 aromatic carbocycles. The first-order chi connectivity index (χ1) is 11.2. The highest BCUT2D eigenvalue weighted by atomic mass is 32.1. The van der Waals surface area contributed by atoms with E-state index in [1.165, 1.54) is 0 Å². The highest BCUT2D eigenvalue weighted by Gasteiger charge is 2.31. The summed E-state index contributed by atoms with van der Waals surface area (Å²) in [5, 5.41) is 5.25. The van der Waals surface area contributed by atoms with Gasteiger partial charge in [0.05, 0.1) is 12.0 Å². The van der Waals surface area contributed by atoms with Gasteiger partial charge in [0.1, 0.15) is 5.82 Å². The smallest absolute Gasteiger partial charge is 0.228 e. The van der Waals surface area contributed by atoms with E-state index in [1.807, 2.05) is 42.2 Å². The SMILES string of the molecule is CC(C(=O)NC(c1nccn1C)C1CCOCC1)c1cccs1. The number of hydrogen-bond donors (Lipinski definition) is 1. The topological polar surface area (TPSA) is 56.2 Å². The Morgan fingerprint density at radius 3 is 2.87 bits per heavy atom. The van der Waals surface area contributed by atoms with Crippen LogP contribution in [0.1, 0.15) is 42.4 Å². The molecule has 1 N–H and O–H groups in total. The average molecular weight is 333 g/mol. The van der Waals surface area contributed by atoms with Crippen molar-refractivity contribution in [3.8, 4) is 0 Å². The zero-order valence-corrected chi connectivity index (χ0v) is 14.4. The Balaban J connectivity index is 1.78. The average Bonchev–Trinajstić information content (AvgIpc) is 3.24. The molecule has 0 aliphatic carbocycles. The molecule has 2 aromatic rings. The number of hydrogen-bond acceptors (Lipinski definition) is 4. The maximum atomic E-state index is 12.7. The number of carbonyl (C=O) groups is 1. The van der Waals surface area contributed by atoms with Crippen molar-refractivity contribution in [3.63, 3.8) is 0 Å². The molecule has 0 spiro atoms. The van der Waals surface area contributed by atoms with Crippen molar-refractivity contribution < 1.29 is 9.53 Å². The first-order valence-electron chi connectivity index (χ1n) is 8.05. The maximum Gasteiger partial charge on any atom is 0.228 e. The van der Waals surface area contributed by atoms with Crippen molar-refractivity contribution in [2.75, 3.05) is 13.2 Å². The Morgan fingerprint density at radius 1 is 1.48 bits per heavy atom. The molecule has 2 unspecified atom stereocenters. The summed E-state index contributed by atoms with van der Waals surface area (Å²) in [6.07, 6.45) is 5.61. The zero-order chi connectivity index (χ0) is 16.2. The maximum absolute atomic E-state index is 12.7. The lowest BCUT2D eigenvalue weighted by atomic mass is 9.90. The van der Waals surface area contributed by atoms with E-state index in [9.17, 15) is 4.79 Å². The molecule has 5 nitrogen and oxygen atoms in total. The van der Waals surface area contributed by atoms with Gasteiger partial charge in [-0.15, -0.1) is 11.3 Å². The van der Waals surface area contributed by atoms with E-state index in [1.54, 1.807) is 17.5 Å². The Morgan fingerprint density at radius 2 is 2.26 bits per heavy atom. The van der Waals surface area contributed by atoms with Crippen molar-refractivity contribution in [1.29, 1.82) is 0 Å². The van der Waals surface area contributed by atoms with E-state index in [0.717, 1.165) is 36.8 Å². The third-order valence-corrected chi connectivity index (χ3v) is 5.59. The minimum atomic E-state index is -0.141. The molecule has 3 rings (SSSR count). The minimum absolute atomic E-state index is 0.0613. The molecule has 1 amide bonds. The third-order valence-electron chi connectivity index (χ3n) is 4.53. The first-order valence-corrected chi connectivity index (χ1v) is 8.93. The van der Waals surface area contributed by atoms with Crippen LogP contribution in [-0.4, -0.2) is 28.7 Å². The van der Waals surface area contributed by atoms with E-state index in [2.05, 4.69) is 10.3 Å². The van der Waals surface area contributed by atoms with Gasteiger partial charge >= 0.3 is 0 Å². The lowest BCUT2D eigenvalue weighted by Gasteiger charge is -2.31. The van der Waals surface area contributed by atoms with Crippen molar-refractivity contribution in [2.45, 2.75) is 31.7 Å². The fourth-order valence-corrected chi connectivity index (χ4v) is 3.85. The van der Waals surface area contributed by atoms with E-state index >= 15 is 0 Å². The molecule has 1 saturated heterocycles. The van der Waals surface area contributed by atoms with Crippen LogP contribution in [0.2, 0.25) is 0 Å². The van der Waals surface area contributed by atoms with Gasteiger partial charge < -0.3 is 14.6 Å². The normalized spacial score (nSPS) is 18.5. The minimum Gasteiger partial charge on any atom is -0.381 e. The summed E-state index contributed by atoms with van der Waals surface area (Å²) in [5.74, 6) is 1.21. The number of nitrogens with zero attached hydrogens (tertiary/aromatic N) is 2. The van der Waals surface area contributed by atoms with Crippen LogP contribution in [0.4, 0.5) is 0 Å². The second-order valence-corrected chi connectivity index (χ2v) is 7.05. The second kappa shape index (κ2) is 7.27. The number of amides is 1. The molecule has 1 fully saturated rings. The summed E-state index contributed by atoms with van der Waals surface area (Å²) in [6, 6.07) is 3.94. The van der Waals surface area contributed by atoms with Crippen LogP contribution >= 0.6 is 11.3 Å². The molecule has 2 atom stereocenters. The summed E-state index contributed by atoms with van der Waals surface area (Å²) in [7, 11) is 1.98. The van der Waals surface area contributed by atoms with Gasteiger partial charge in [0.15, 0.2) is 0 Å². The third kappa shape index (κ3) is 3.64. The van der Waals surface area contributed by atoms with Crippen LogP contribution in [0.25, 0.3) is 0 Å². The number of carbonyl (C=O) groups excluding carboxylic acids is 1. The molecule has 0 bridgehead atoms. The summed E-state index contributed by atoms with van der Waals surface area (Å²) in [4.78, 5) is 18.3. The van der Waals surface area contributed by atoms with Crippen molar-refractivity contribution in [2.24, 2.45) is 13.0 Å². The van der Waals surface area contributed by atoms with Gasteiger partial charge in [0.25, 0.3) is 0 Å². The van der Waals surface area contributed by atoms with E-state index in [4.69, 9.17) is 4.74 Å². The zero-order valence-electron chi connectivity index (χ0n) is 13.6. The fraction of sp³-hybridized carbons (Fsp3) is 0.529. The lowest BCUT2D eigenvalue weighted by Crippen LogP contribution is -2.39. The Kier molecular flexibility index (Phi) is 5.13. The van der Waals surface area contributed by atoms with Gasteiger partial charge in [-0.3, -0.25) is 4.79 Å². The second-order valence-electron chi connectivity index (χ2n) is 6.07. The molecule has 0 saturated carbocycles. The molecule has 3 heterocycles. The number of rotatable bonds is 5. The molecule has 2 aromatic heterocycles. The summed E-state index contributed by atoms with van der Waals surface area (Å²) in [6.45, 7) is 3.46. The highest BCUT2D eigenvalue weighted by Crippen LogP contribution is 2.30. The van der Waals surface area contributed by atoms with Gasteiger partial charge in [-0.1, -0.05) is 6.07 Å². The summed E-state index contributed by atoms with van der Waals surface area (Å²) >= 11 is 1.62. The van der Waals surface area contributed by atoms with Crippen molar-refractivity contribution in [3.05, 3.63) is 40.6 Å².